The molecule has 0 atom stereocenters. The third-order valence-corrected chi connectivity index (χ3v) is 5.89. The Labute approximate surface area is 181 Å². The van der Waals surface area contributed by atoms with Crippen molar-refractivity contribution in [1.29, 1.82) is 0 Å². The summed E-state index contributed by atoms with van der Waals surface area (Å²) < 4.78 is 35.3. The van der Waals surface area contributed by atoms with Gasteiger partial charge >= 0.3 is 0 Å². The number of hydrogen-bond acceptors (Lipinski definition) is 7. The SMILES string of the molecule is CCCNC(=O)c1nn(CC)c(Oc2ccc([N+](=O)[O-])cc2S(=O)(=O)NC(C)C)c1C. The highest BCUT2D eigenvalue weighted by atomic mass is 32.2. The molecule has 0 aliphatic rings. The van der Waals surface area contributed by atoms with Crippen LogP contribution in [0, 0.1) is 17.0 Å². The average Bonchev–Trinajstić information content (AvgIpc) is 3.00. The maximum atomic E-state index is 12.8. The zero-order valence-electron chi connectivity index (χ0n) is 18.1. The molecule has 0 saturated carbocycles. The molecule has 170 valence electrons. The van der Waals surface area contributed by atoms with Crippen LogP contribution in [0.15, 0.2) is 23.1 Å². The van der Waals surface area contributed by atoms with Crippen LogP contribution in [0.2, 0.25) is 0 Å². The quantitative estimate of drug-likeness (QED) is 0.415. The van der Waals surface area contributed by atoms with E-state index in [0.717, 1.165) is 18.6 Å². The maximum absolute atomic E-state index is 12.8. The predicted octanol–water partition coefficient (Wildman–Crippen LogP) is 2.74. The Bertz CT molecular complexity index is 1080. The van der Waals surface area contributed by atoms with Gasteiger partial charge in [0.15, 0.2) is 5.69 Å². The van der Waals surface area contributed by atoms with Crippen LogP contribution in [0.3, 0.4) is 0 Å². The fourth-order valence-electron chi connectivity index (χ4n) is 2.80. The van der Waals surface area contributed by atoms with Crippen molar-refractivity contribution in [2.75, 3.05) is 6.54 Å². The Morgan fingerprint density at radius 2 is 2.00 bits per heavy atom. The molecule has 1 heterocycles. The van der Waals surface area contributed by atoms with E-state index in [4.69, 9.17) is 4.74 Å². The number of amides is 1. The lowest BCUT2D eigenvalue weighted by atomic mass is 10.2. The molecule has 0 bridgehead atoms. The number of non-ortho nitro benzene ring substituents is 1. The number of nitrogens with zero attached hydrogens (tertiary/aromatic N) is 3. The first-order chi connectivity index (χ1) is 14.5. The van der Waals surface area contributed by atoms with Crippen molar-refractivity contribution in [3.63, 3.8) is 0 Å². The number of ether oxygens (including phenoxy) is 1. The van der Waals surface area contributed by atoms with E-state index in [0.29, 0.717) is 18.7 Å². The zero-order valence-corrected chi connectivity index (χ0v) is 18.9. The van der Waals surface area contributed by atoms with Gasteiger partial charge in [0.25, 0.3) is 11.6 Å². The van der Waals surface area contributed by atoms with E-state index in [9.17, 15) is 23.3 Å². The zero-order chi connectivity index (χ0) is 23.3. The van der Waals surface area contributed by atoms with Crippen LogP contribution in [0.25, 0.3) is 0 Å². The summed E-state index contributed by atoms with van der Waals surface area (Å²) in [6, 6.07) is 2.88. The number of sulfonamides is 1. The first-order valence-corrected chi connectivity index (χ1v) is 11.3. The number of nitro groups is 1. The number of rotatable bonds is 10. The highest BCUT2D eigenvalue weighted by Crippen LogP contribution is 2.34. The number of aromatic nitrogens is 2. The summed E-state index contributed by atoms with van der Waals surface area (Å²) in [7, 11) is -4.11. The number of carbonyl (C=O) groups excluding carboxylic acids is 1. The number of carbonyl (C=O) groups is 1. The standard InChI is InChI=1S/C19H27N5O6S/c1-6-10-20-18(25)17-13(5)19(23(7-2)21-17)30-15-9-8-14(24(26)27)11-16(15)31(28,29)22-12(3)4/h8-9,11-12,22H,6-7,10H2,1-5H3,(H,20,25). The molecule has 2 rings (SSSR count). The number of hydrogen-bond donors (Lipinski definition) is 2. The van der Waals surface area contributed by atoms with Gasteiger partial charge in [0.05, 0.1) is 4.92 Å². The number of nitro benzene ring substituents is 1. The Balaban J connectivity index is 2.57. The maximum Gasteiger partial charge on any atom is 0.272 e. The van der Waals surface area contributed by atoms with Crippen molar-refractivity contribution in [2.24, 2.45) is 0 Å². The smallest absolute Gasteiger partial charge is 0.272 e. The summed E-state index contributed by atoms with van der Waals surface area (Å²) in [6.07, 6.45) is 0.759. The second kappa shape index (κ2) is 9.88. The summed E-state index contributed by atoms with van der Waals surface area (Å²) in [5.74, 6) is -0.301. The highest BCUT2D eigenvalue weighted by molar-refractivity contribution is 7.89. The normalized spacial score (nSPS) is 11.5. The van der Waals surface area contributed by atoms with Crippen LogP contribution >= 0.6 is 0 Å². The Morgan fingerprint density at radius 3 is 2.55 bits per heavy atom. The highest BCUT2D eigenvalue weighted by Gasteiger charge is 2.27. The number of aryl methyl sites for hydroxylation is 1. The average molecular weight is 454 g/mol. The molecule has 11 nitrogen and oxygen atoms in total. The monoisotopic (exact) mass is 453 g/mol. The molecule has 2 N–H and O–H groups in total. The van der Waals surface area contributed by atoms with Crippen LogP contribution in [-0.2, 0) is 16.6 Å². The molecular weight excluding hydrogens is 426 g/mol. The number of benzene rings is 1. The third kappa shape index (κ3) is 5.58. The van der Waals surface area contributed by atoms with Crippen molar-refractivity contribution >= 4 is 21.6 Å². The van der Waals surface area contributed by atoms with Gasteiger partial charge in [-0.1, -0.05) is 6.92 Å². The molecular formula is C19H27N5O6S. The van der Waals surface area contributed by atoms with E-state index < -0.39 is 26.7 Å². The van der Waals surface area contributed by atoms with Gasteiger partial charge in [-0.05, 0) is 40.2 Å². The van der Waals surface area contributed by atoms with E-state index in [1.807, 2.05) is 6.92 Å². The third-order valence-electron chi connectivity index (χ3n) is 4.21. The van der Waals surface area contributed by atoms with E-state index in [-0.39, 0.29) is 28.1 Å². The van der Waals surface area contributed by atoms with Gasteiger partial charge in [-0.3, -0.25) is 14.9 Å². The lowest BCUT2D eigenvalue weighted by molar-refractivity contribution is -0.385. The minimum Gasteiger partial charge on any atom is -0.438 e. The fraction of sp³-hybridized carbons (Fsp3) is 0.474. The predicted molar refractivity (Wildman–Crippen MR) is 114 cm³/mol. The first kappa shape index (κ1) is 24.3. The first-order valence-electron chi connectivity index (χ1n) is 9.86. The van der Waals surface area contributed by atoms with E-state index in [2.05, 4.69) is 15.1 Å². The molecule has 1 amide bonds. The van der Waals surface area contributed by atoms with E-state index in [1.165, 1.54) is 10.7 Å². The molecule has 12 heteroatoms. The summed E-state index contributed by atoms with van der Waals surface area (Å²) in [6.45, 7) is 9.46. The fourth-order valence-corrected chi connectivity index (χ4v) is 4.20. The van der Waals surface area contributed by atoms with Crippen LogP contribution in [-0.4, -0.2) is 41.6 Å². The minimum absolute atomic E-state index is 0.114. The molecule has 1 aromatic carbocycles. The molecule has 0 fully saturated rings. The van der Waals surface area contributed by atoms with Crippen LogP contribution in [0.5, 0.6) is 11.6 Å². The van der Waals surface area contributed by atoms with Gasteiger partial charge in [-0.15, -0.1) is 0 Å². The molecule has 0 radical (unpaired) electrons. The summed E-state index contributed by atoms with van der Waals surface area (Å²) in [5.41, 5.74) is 0.197. The van der Waals surface area contributed by atoms with E-state index in [1.54, 1.807) is 27.7 Å². The summed E-state index contributed by atoms with van der Waals surface area (Å²) in [4.78, 5) is 22.5. The summed E-state index contributed by atoms with van der Waals surface area (Å²) >= 11 is 0. The Hall–Kier alpha value is -2.99. The molecule has 0 spiro atoms. The molecule has 0 aliphatic heterocycles. The van der Waals surface area contributed by atoms with Crippen molar-refractivity contribution in [1.82, 2.24) is 19.8 Å². The van der Waals surface area contributed by atoms with Crippen LogP contribution in [0.1, 0.15) is 50.2 Å². The lowest BCUT2D eigenvalue weighted by Gasteiger charge is -2.15. The lowest BCUT2D eigenvalue weighted by Crippen LogP contribution is -2.30. The number of nitrogens with one attached hydrogen (secondary N) is 2. The second-order valence-corrected chi connectivity index (χ2v) is 8.80. The van der Waals surface area contributed by atoms with Gasteiger partial charge in [-0.2, -0.15) is 5.10 Å². The van der Waals surface area contributed by atoms with Gasteiger partial charge in [0.2, 0.25) is 15.9 Å². The largest absolute Gasteiger partial charge is 0.438 e. The molecule has 0 saturated heterocycles. The minimum atomic E-state index is -4.11. The second-order valence-electron chi connectivity index (χ2n) is 7.12. The van der Waals surface area contributed by atoms with Gasteiger partial charge < -0.3 is 10.1 Å². The topological polar surface area (TPSA) is 145 Å². The van der Waals surface area contributed by atoms with Crippen LogP contribution < -0.4 is 14.8 Å². The molecule has 0 aliphatic carbocycles. The molecule has 1 aromatic heterocycles. The molecule has 2 aromatic rings. The van der Waals surface area contributed by atoms with Gasteiger partial charge in [-0.25, -0.2) is 17.8 Å². The Morgan fingerprint density at radius 1 is 1.32 bits per heavy atom. The molecule has 0 unspecified atom stereocenters. The van der Waals surface area contributed by atoms with Crippen LogP contribution in [0.4, 0.5) is 5.69 Å². The summed E-state index contributed by atoms with van der Waals surface area (Å²) in [5, 5.41) is 18.2. The van der Waals surface area contributed by atoms with Gasteiger partial charge in [0.1, 0.15) is 10.6 Å². The van der Waals surface area contributed by atoms with E-state index >= 15 is 0 Å². The Kier molecular flexibility index (Phi) is 7.74. The van der Waals surface area contributed by atoms with Crippen molar-refractivity contribution in [3.05, 3.63) is 39.6 Å². The van der Waals surface area contributed by atoms with Gasteiger partial charge in [0, 0.05) is 36.8 Å². The molecule has 31 heavy (non-hydrogen) atoms. The van der Waals surface area contributed by atoms with Crippen molar-refractivity contribution in [2.45, 2.75) is 58.5 Å². The van der Waals surface area contributed by atoms with Crippen molar-refractivity contribution < 1.29 is 22.9 Å². The van der Waals surface area contributed by atoms with Crippen molar-refractivity contribution in [3.8, 4) is 11.6 Å².